The van der Waals surface area contributed by atoms with E-state index in [9.17, 15) is 0 Å². The highest BCUT2D eigenvalue weighted by Crippen LogP contribution is 2.03. The molecular weight excluding hydrogens is 150 g/mol. The molecule has 1 rings (SSSR count). The first-order chi connectivity index (χ1) is 5.72. The van der Waals surface area contributed by atoms with Gasteiger partial charge < -0.3 is 5.73 Å². The predicted molar refractivity (Wildman–Crippen MR) is 49.8 cm³/mol. The molecule has 3 nitrogen and oxygen atoms in total. The van der Waals surface area contributed by atoms with Gasteiger partial charge in [0.1, 0.15) is 0 Å². The Balaban J connectivity index is 2.33. The van der Waals surface area contributed by atoms with Gasteiger partial charge in [0.15, 0.2) is 0 Å². The van der Waals surface area contributed by atoms with E-state index < -0.39 is 0 Å². The van der Waals surface area contributed by atoms with Gasteiger partial charge in [-0.2, -0.15) is 5.10 Å². The molecule has 0 saturated carbocycles. The minimum atomic E-state index is 0.338. The van der Waals surface area contributed by atoms with E-state index in [-0.39, 0.29) is 0 Å². The molecule has 12 heavy (non-hydrogen) atoms. The first kappa shape index (κ1) is 9.26. The van der Waals surface area contributed by atoms with Gasteiger partial charge in [0.2, 0.25) is 0 Å². The lowest BCUT2D eigenvalue weighted by molar-refractivity contribution is 0.596. The minimum absolute atomic E-state index is 0.338. The number of nitrogens with zero attached hydrogens (tertiary/aromatic N) is 2. The summed E-state index contributed by atoms with van der Waals surface area (Å²) >= 11 is 0. The van der Waals surface area contributed by atoms with E-state index in [0.29, 0.717) is 6.04 Å². The molecule has 3 heteroatoms. The lowest BCUT2D eigenvalue weighted by Crippen LogP contribution is -2.18. The summed E-state index contributed by atoms with van der Waals surface area (Å²) in [5.74, 6) is 0. The van der Waals surface area contributed by atoms with Gasteiger partial charge in [-0.3, -0.25) is 4.68 Å². The van der Waals surface area contributed by atoms with E-state index >= 15 is 0 Å². The maximum Gasteiger partial charge on any atom is 0.0521 e. The van der Waals surface area contributed by atoms with Gasteiger partial charge in [0, 0.05) is 19.3 Å². The molecule has 0 spiro atoms. The van der Waals surface area contributed by atoms with Crippen molar-refractivity contribution in [1.29, 1.82) is 0 Å². The third-order valence-electron chi connectivity index (χ3n) is 2.09. The molecule has 1 heterocycles. The average Bonchev–Trinajstić information content (AvgIpc) is 2.47. The van der Waals surface area contributed by atoms with Crippen LogP contribution in [0.4, 0.5) is 0 Å². The highest BCUT2D eigenvalue weighted by molar-refractivity contribution is 5.03. The van der Waals surface area contributed by atoms with Crippen molar-refractivity contribution in [2.45, 2.75) is 32.2 Å². The van der Waals surface area contributed by atoms with Crippen molar-refractivity contribution in [1.82, 2.24) is 9.78 Å². The number of aryl methyl sites for hydroxylation is 2. The molecule has 0 saturated heterocycles. The number of hydrogen-bond acceptors (Lipinski definition) is 2. The van der Waals surface area contributed by atoms with Gasteiger partial charge in [-0.25, -0.2) is 0 Å². The topological polar surface area (TPSA) is 43.8 Å². The number of aromatic nitrogens is 2. The van der Waals surface area contributed by atoms with Crippen molar-refractivity contribution >= 4 is 0 Å². The van der Waals surface area contributed by atoms with Crippen LogP contribution < -0.4 is 5.73 Å². The molecule has 0 aliphatic heterocycles. The van der Waals surface area contributed by atoms with E-state index in [1.807, 2.05) is 24.1 Å². The summed E-state index contributed by atoms with van der Waals surface area (Å²) in [7, 11) is 1.93. The van der Waals surface area contributed by atoms with E-state index in [4.69, 9.17) is 5.73 Å². The van der Waals surface area contributed by atoms with Crippen molar-refractivity contribution < 1.29 is 0 Å². The fourth-order valence-electron chi connectivity index (χ4n) is 1.16. The zero-order valence-electron chi connectivity index (χ0n) is 7.83. The smallest absolute Gasteiger partial charge is 0.0521 e. The minimum Gasteiger partial charge on any atom is -0.328 e. The fourth-order valence-corrected chi connectivity index (χ4v) is 1.16. The first-order valence-corrected chi connectivity index (χ1v) is 4.45. The Kier molecular flexibility index (Phi) is 3.29. The number of rotatable bonds is 4. The molecule has 1 unspecified atom stereocenters. The monoisotopic (exact) mass is 167 g/mol. The summed E-state index contributed by atoms with van der Waals surface area (Å²) in [6.45, 7) is 2.12. The van der Waals surface area contributed by atoms with Gasteiger partial charge in [-0.05, 0) is 24.8 Å². The highest BCUT2D eigenvalue weighted by Gasteiger charge is 2.01. The van der Waals surface area contributed by atoms with Crippen LogP contribution in [-0.4, -0.2) is 15.8 Å². The summed E-state index contributed by atoms with van der Waals surface area (Å²) in [5, 5.41) is 4.10. The quantitative estimate of drug-likeness (QED) is 0.729. The van der Waals surface area contributed by atoms with Crippen LogP contribution in [0.25, 0.3) is 0 Å². The zero-order chi connectivity index (χ0) is 8.97. The SMILES string of the molecule is CCC(N)CCc1cnn(C)c1. The molecular formula is C9H17N3. The van der Waals surface area contributed by atoms with Gasteiger partial charge in [0.05, 0.1) is 6.20 Å². The van der Waals surface area contributed by atoms with Crippen LogP contribution in [-0.2, 0) is 13.5 Å². The normalized spacial score (nSPS) is 13.2. The molecule has 1 atom stereocenters. The number of nitrogens with two attached hydrogens (primary N) is 1. The fraction of sp³-hybridized carbons (Fsp3) is 0.667. The molecule has 0 fully saturated rings. The maximum atomic E-state index is 5.80. The predicted octanol–water partition coefficient (Wildman–Crippen LogP) is 1.09. The third kappa shape index (κ3) is 2.66. The zero-order valence-corrected chi connectivity index (χ0v) is 7.83. The highest BCUT2D eigenvalue weighted by atomic mass is 15.2. The van der Waals surface area contributed by atoms with Crippen molar-refractivity contribution in [3.63, 3.8) is 0 Å². The Morgan fingerprint density at radius 1 is 1.67 bits per heavy atom. The first-order valence-electron chi connectivity index (χ1n) is 4.45. The van der Waals surface area contributed by atoms with Crippen LogP contribution in [0.3, 0.4) is 0 Å². The van der Waals surface area contributed by atoms with E-state index in [1.54, 1.807) is 0 Å². The standard InChI is InChI=1S/C9H17N3/c1-3-9(10)5-4-8-6-11-12(2)7-8/h6-7,9H,3-5,10H2,1-2H3. The second-order valence-electron chi connectivity index (χ2n) is 3.23. The van der Waals surface area contributed by atoms with Crippen LogP contribution >= 0.6 is 0 Å². The van der Waals surface area contributed by atoms with Crippen LogP contribution in [0.15, 0.2) is 12.4 Å². The van der Waals surface area contributed by atoms with Crippen molar-refractivity contribution in [3.05, 3.63) is 18.0 Å². The summed E-state index contributed by atoms with van der Waals surface area (Å²) in [4.78, 5) is 0. The summed E-state index contributed by atoms with van der Waals surface area (Å²) in [6, 6.07) is 0.338. The molecule has 0 radical (unpaired) electrons. The molecule has 0 bridgehead atoms. The third-order valence-corrected chi connectivity index (χ3v) is 2.09. The lowest BCUT2D eigenvalue weighted by Gasteiger charge is -2.05. The maximum absolute atomic E-state index is 5.80. The molecule has 0 aromatic carbocycles. The number of hydrogen-bond donors (Lipinski definition) is 1. The van der Waals surface area contributed by atoms with Crippen LogP contribution in [0.1, 0.15) is 25.3 Å². The Morgan fingerprint density at radius 2 is 2.42 bits per heavy atom. The molecule has 0 aliphatic rings. The van der Waals surface area contributed by atoms with Crippen molar-refractivity contribution in [2.24, 2.45) is 12.8 Å². The van der Waals surface area contributed by atoms with Crippen molar-refractivity contribution in [3.8, 4) is 0 Å². The average molecular weight is 167 g/mol. The molecule has 1 aromatic rings. The van der Waals surface area contributed by atoms with Gasteiger partial charge in [-0.1, -0.05) is 6.92 Å². The van der Waals surface area contributed by atoms with Crippen LogP contribution in [0.2, 0.25) is 0 Å². The van der Waals surface area contributed by atoms with Crippen LogP contribution in [0.5, 0.6) is 0 Å². The molecule has 1 aromatic heterocycles. The molecule has 0 amide bonds. The molecule has 68 valence electrons. The Bertz CT molecular complexity index is 229. The van der Waals surface area contributed by atoms with Gasteiger partial charge in [0.25, 0.3) is 0 Å². The van der Waals surface area contributed by atoms with Crippen molar-refractivity contribution in [2.75, 3.05) is 0 Å². The Morgan fingerprint density at radius 3 is 2.92 bits per heavy atom. The Hall–Kier alpha value is -0.830. The van der Waals surface area contributed by atoms with E-state index in [1.165, 1.54) is 5.56 Å². The molecule has 0 aliphatic carbocycles. The lowest BCUT2D eigenvalue weighted by atomic mass is 10.1. The summed E-state index contributed by atoms with van der Waals surface area (Å²) in [5.41, 5.74) is 7.08. The van der Waals surface area contributed by atoms with Crippen LogP contribution in [0, 0.1) is 0 Å². The van der Waals surface area contributed by atoms with Gasteiger partial charge >= 0.3 is 0 Å². The second kappa shape index (κ2) is 4.26. The largest absolute Gasteiger partial charge is 0.328 e. The second-order valence-corrected chi connectivity index (χ2v) is 3.23. The summed E-state index contributed by atoms with van der Waals surface area (Å²) in [6.07, 6.45) is 7.11. The van der Waals surface area contributed by atoms with E-state index in [2.05, 4.69) is 12.0 Å². The Labute approximate surface area is 73.6 Å². The van der Waals surface area contributed by atoms with E-state index in [0.717, 1.165) is 19.3 Å². The molecule has 2 N–H and O–H groups in total. The van der Waals surface area contributed by atoms with Gasteiger partial charge in [-0.15, -0.1) is 0 Å². The summed E-state index contributed by atoms with van der Waals surface area (Å²) < 4.78 is 1.83.